The largest absolute Gasteiger partial charge is 0.312 e. The average molecular weight is 339 g/mol. The first-order valence-corrected chi connectivity index (χ1v) is 6.97. The molecule has 1 aromatic carbocycles. The summed E-state index contributed by atoms with van der Waals surface area (Å²) >= 11 is 3.36. The van der Waals surface area contributed by atoms with Crippen molar-refractivity contribution in [3.05, 3.63) is 56.3 Å². The van der Waals surface area contributed by atoms with E-state index >= 15 is 0 Å². The number of nitro benzene ring substituents is 1. The van der Waals surface area contributed by atoms with E-state index in [0.29, 0.717) is 6.54 Å². The van der Waals surface area contributed by atoms with Crippen molar-refractivity contribution in [2.75, 3.05) is 6.54 Å². The molecule has 1 aromatic heterocycles. The number of hydrogen-bond acceptors (Lipinski definition) is 4. The number of aromatic nitrogens is 2. The Morgan fingerprint density at radius 3 is 2.85 bits per heavy atom. The van der Waals surface area contributed by atoms with Gasteiger partial charge in [-0.2, -0.15) is 5.10 Å². The molecule has 0 saturated carbocycles. The predicted molar refractivity (Wildman–Crippen MR) is 79.4 cm³/mol. The van der Waals surface area contributed by atoms with Crippen molar-refractivity contribution in [1.82, 2.24) is 15.1 Å². The molecule has 0 aliphatic heterocycles. The van der Waals surface area contributed by atoms with Crippen LogP contribution in [0, 0.1) is 10.1 Å². The van der Waals surface area contributed by atoms with Crippen molar-refractivity contribution in [2.45, 2.75) is 13.0 Å². The number of benzene rings is 1. The Labute approximate surface area is 125 Å². The molecule has 0 radical (unpaired) electrons. The molecule has 1 N–H and O–H groups in total. The number of non-ortho nitro benzene ring substituents is 1. The van der Waals surface area contributed by atoms with E-state index in [1.165, 1.54) is 12.1 Å². The molecule has 0 spiro atoms. The highest BCUT2D eigenvalue weighted by Gasteiger charge is 2.08. The van der Waals surface area contributed by atoms with Crippen LogP contribution in [-0.4, -0.2) is 21.2 Å². The van der Waals surface area contributed by atoms with Crippen molar-refractivity contribution < 1.29 is 4.92 Å². The second-order valence-electron chi connectivity index (χ2n) is 4.44. The molecule has 1 heterocycles. The van der Waals surface area contributed by atoms with Gasteiger partial charge in [0.2, 0.25) is 0 Å². The molecule has 0 fully saturated rings. The summed E-state index contributed by atoms with van der Waals surface area (Å²) in [6.45, 7) is 1.46. The molecule has 0 atom stereocenters. The maximum atomic E-state index is 10.6. The van der Waals surface area contributed by atoms with E-state index in [2.05, 4.69) is 26.3 Å². The molecule has 20 heavy (non-hydrogen) atoms. The van der Waals surface area contributed by atoms with Gasteiger partial charge in [-0.05, 0) is 17.7 Å². The van der Waals surface area contributed by atoms with Gasteiger partial charge < -0.3 is 5.32 Å². The van der Waals surface area contributed by atoms with Crippen molar-refractivity contribution in [2.24, 2.45) is 7.05 Å². The zero-order valence-corrected chi connectivity index (χ0v) is 12.6. The summed E-state index contributed by atoms with van der Waals surface area (Å²) in [5, 5.41) is 18.2. The molecule has 0 amide bonds. The molecule has 2 rings (SSSR count). The van der Waals surface area contributed by atoms with Crippen molar-refractivity contribution in [3.8, 4) is 0 Å². The molecule has 0 aliphatic rings. The first-order chi connectivity index (χ1) is 9.56. The molecule has 6 nitrogen and oxygen atoms in total. The van der Waals surface area contributed by atoms with E-state index in [1.54, 1.807) is 10.7 Å². The maximum absolute atomic E-state index is 10.6. The van der Waals surface area contributed by atoms with Gasteiger partial charge in [-0.3, -0.25) is 14.8 Å². The Bertz CT molecular complexity index is 612. The summed E-state index contributed by atoms with van der Waals surface area (Å²) in [4.78, 5) is 10.2. The van der Waals surface area contributed by atoms with Crippen LogP contribution in [0.5, 0.6) is 0 Å². The van der Waals surface area contributed by atoms with Crippen LogP contribution in [-0.2, 0) is 20.0 Å². The number of aryl methyl sites for hydroxylation is 1. The second kappa shape index (κ2) is 6.62. The van der Waals surface area contributed by atoms with Gasteiger partial charge >= 0.3 is 0 Å². The van der Waals surface area contributed by atoms with Crippen LogP contribution in [0.25, 0.3) is 0 Å². The molecule has 0 unspecified atom stereocenters. The van der Waals surface area contributed by atoms with Crippen molar-refractivity contribution >= 4 is 21.6 Å². The molecular formula is C13H15BrN4O2. The summed E-state index contributed by atoms with van der Waals surface area (Å²) in [7, 11) is 1.89. The van der Waals surface area contributed by atoms with Gasteiger partial charge in [0.1, 0.15) is 0 Å². The monoisotopic (exact) mass is 338 g/mol. The minimum Gasteiger partial charge on any atom is -0.312 e. The van der Waals surface area contributed by atoms with Crippen LogP contribution >= 0.6 is 15.9 Å². The van der Waals surface area contributed by atoms with Crippen LogP contribution in [0.15, 0.2) is 34.9 Å². The third kappa shape index (κ3) is 3.88. The first-order valence-electron chi connectivity index (χ1n) is 6.18. The van der Waals surface area contributed by atoms with Gasteiger partial charge in [-0.25, -0.2) is 0 Å². The fraction of sp³-hybridized carbons (Fsp3) is 0.308. The van der Waals surface area contributed by atoms with Gasteiger partial charge in [-0.15, -0.1) is 0 Å². The maximum Gasteiger partial charge on any atom is 0.270 e. The molecule has 0 bridgehead atoms. The van der Waals surface area contributed by atoms with E-state index in [9.17, 15) is 10.1 Å². The highest BCUT2D eigenvalue weighted by molar-refractivity contribution is 9.10. The Kier molecular flexibility index (Phi) is 4.86. The Hall–Kier alpha value is -1.73. The van der Waals surface area contributed by atoms with Crippen molar-refractivity contribution in [1.29, 1.82) is 0 Å². The molecule has 0 aliphatic carbocycles. The number of hydrogen-bond donors (Lipinski definition) is 1. The van der Waals surface area contributed by atoms with Gasteiger partial charge in [0.05, 0.1) is 10.6 Å². The molecule has 106 valence electrons. The third-order valence-electron chi connectivity index (χ3n) is 2.89. The van der Waals surface area contributed by atoms with Crippen LogP contribution in [0.4, 0.5) is 5.69 Å². The number of rotatable bonds is 6. The van der Waals surface area contributed by atoms with Gasteiger partial charge in [0.25, 0.3) is 5.69 Å². The fourth-order valence-corrected chi connectivity index (χ4v) is 2.34. The fourth-order valence-electron chi connectivity index (χ4n) is 1.83. The number of nitrogens with one attached hydrogen (secondary N) is 1. The molecule has 2 aromatic rings. The van der Waals surface area contributed by atoms with E-state index in [4.69, 9.17) is 0 Å². The lowest BCUT2D eigenvalue weighted by molar-refractivity contribution is -0.384. The summed E-state index contributed by atoms with van der Waals surface area (Å²) in [6.07, 6.45) is 2.77. The normalized spacial score (nSPS) is 10.7. The van der Waals surface area contributed by atoms with E-state index in [0.717, 1.165) is 28.7 Å². The quantitative estimate of drug-likeness (QED) is 0.498. The lowest BCUT2D eigenvalue weighted by Crippen LogP contribution is -2.17. The molecular weight excluding hydrogens is 324 g/mol. The van der Waals surface area contributed by atoms with E-state index in [-0.39, 0.29) is 5.69 Å². The molecule has 0 saturated heterocycles. The topological polar surface area (TPSA) is 73.0 Å². The lowest BCUT2D eigenvalue weighted by atomic mass is 10.2. The van der Waals surface area contributed by atoms with E-state index < -0.39 is 4.92 Å². The van der Waals surface area contributed by atoms with Crippen LogP contribution in [0.3, 0.4) is 0 Å². The van der Waals surface area contributed by atoms with Crippen LogP contribution in [0.2, 0.25) is 0 Å². The Morgan fingerprint density at radius 1 is 1.45 bits per heavy atom. The van der Waals surface area contributed by atoms with Crippen molar-refractivity contribution in [3.63, 3.8) is 0 Å². The summed E-state index contributed by atoms with van der Waals surface area (Å²) in [5.41, 5.74) is 2.13. The Morgan fingerprint density at radius 2 is 2.25 bits per heavy atom. The second-order valence-corrected chi connectivity index (χ2v) is 5.29. The third-order valence-corrected chi connectivity index (χ3v) is 3.63. The first kappa shape index (κ1) is 14.7. The number of nitro groups is 1. The summed E-state index contributed by atoms with van der Waals surface area (Å²) in [5.74, 6) is 0. The minimum atomic E-state index is -0.400. The van der Waals surface area contributed by atoms with Crippen LogP contribution in [0.1, 0.15) is 11.3 Å². The summed E-state index contributed by atoms with van der Waals surface area (Å²) < 4.78 is 2.53. The van der Waals surface area contributed by atoms with Gasteiger partial charge in [-0.1, -0.05) is 15.9 Å². The standard InChI is InChI=1S/C13H15BrN4O2/c1-17-7-5-11(16-17)4-6-15-9-10-2-3-12(18(19)20)8-13(10)14/h2-3,5,7-8,15H,4,6,9H2,1H3. The van der Waals surface area contributed by atoms with Gasteiger partial charge in [0, 0.05) is 49.4 Å². The zero-order valence-electron chi connectivity index (χ0n) is 11.0. The summed E-state index contributed by atoms with van der Waals surface area (Å²) in [6, 6.07) is 6.79. The molecule has 7 heteroatoms. The highest BCUT2D eigenvalue weighted by Crippen LogP contribution is 2.22. The Balaban J connectivity index is 1.83. The minimum absolute atomic E-state index is 0.0918. The average Bonchev–Trinajstić information content (AvgIpc) is 2.81. The SMILES string of the molecule is Cn1ccc(CCNCc2ccc([N+](=O)[O-])cc2Br)n1. The number of nitrogens with zero attached hydrogens (tertiary/aromatic N) is 3. The lowest BCUT2D eigenvalue weighted by Gasteiger charge is -2.06. The predicted octanol–water partition coefficient (Wildman–Crippen LogP) is 2.42. The smallest absolute Gasteiger partial charge is 0.270 e. The van der Waals surface area contributed by atoms with E-state index in [1.807, 2.05) is 19.3 Å². The number of halogens is 1. The zero-order chi connectivity index (χ0) is 14.5. The van der Waals surface area contributed by atoms with Gasteiger partial charge in [0.15, 0.2) is 0 Å². The van der Waals surface area contributed by atoms with Crippen LogP contribution < -0.4 is 5.32 Å². The highest BCUT2D eigenvalue weighted by atomic mass is 79.9.